The first kappa shape index (κ1) is 13.7. The van der Waals surface area contributed by atoms with E-state index in [0.717, 1.165) is 12.1 Å². The molecule has 1 unspecified atom stereocenters. The van der Waals surface area contributed by atoms with Gasteiger partial charge in [0.1, 0.15) is 0 Å². The van der Waals surface area contributed by atoms with Crippen molar-refractivity contribution >= 4 is 0 Å². The van der Waals surface area contributed by atoms with Gasteiger partial charge in [-0.15, -0.1) is 5.10 Å². The van der Waals surface area contributed by atoms with Crippen molar-refractivity contribution in [1.82, 2.24) is 20.3 Å². The zero-order chi connectivity index (χ0) is 13.7. The minimum atomic E-state index is -0.281. The highest BCUT2D eigenvalue weighted by Crippen LogP contribution is 2.15. The molecule has 2 aromatic rings. The lowest BCUT2D eigenvalue weighted by molar-refractivity contribution is 0.164. The summed E-state index contributed by atoms with van der Waals surface area (Å²) in [6, 6.07) is 8.36. The van der Waals surface area contributed by atoms with Gasteiger partial charge in [-0.05, 0) is 31.0 Å². The zero-order valence-corrected chi connectivity index (χ0v) is 11.3. The van der Waals surface area contributed by atoms with E-state index in [-0.39, 0.29) is 12.1 Å². The number of aromatic nitrogens is 3. The predicted octanol–water partition coefficient (Wildman–Crippen LogP) is 1.69. The summed E-state index contributed by atoms with van der Waals surface area (Å²) in [7, 11) is 0. The van der Waals surface area contributed by atoms with Crippen molar-refractivity contribution in [2.45, 2.75) is 32.4 Å². The van der Waals surface area contributed by atoms with Crippen LogP contribution < -0.4 is 5.32 Å². The molecule has 1 aromatic heterocycles. The van der Waals surface area contributed by atoms with Crippen LogP contribution in [0.15, 0.2) is 36.7 Å². The maximum Gasteiger partial charge on any atom is 0.0697 e. The molecule has 0 spiro atoms. The molecule has 102 valence electrons. The number of aliphatic hydroxyl groups excluding tert-OH is 1. The fourth-order valence-electron chi connectivity index (χ4n) is 1.84. The lowest BCUT2D eigenvalue weighted by Gasteiger charge is -2.17. The Bertz CT molecular complexity index is 481. The molecule has 0 bridgehead atoms. The maximum absolute atomic E-state index is 9.54. The molecule has 0 saturated heterocycles. The van der Waals surface area contributed by atoms with E-state index in [4.69, 9.17) is 0 Å². The number of rotatable bonds is 6. The van der Waals surface area contributed by atoms with E-state index in [9.17, 15) is 5.11 Å². The van der Waals surface area contributed by atoms with Gasteiger partial charge in [-0.1, -0.05) is 24.3 Å². The first-order chi connectivity index (χ1) is 9.20. The van der Waals surface area contributed by atoms with Crippen molar-refractivity contribution in [1.29, 1.82) is 0 Å². The average molecular weight is 260 g/mol. The Balaban J connectivity index is 1.98. The molecular weight excluding hydrogens is 240 g/mol. The fourth-order valence-corrected chi connectivity index (χ4v) is 1.84. The molecule has 1 aromatic carbocycles. The number of nitrogens with one attached hydrogen (secondary N) is 1. The van der Waals surface area contributed by atoms with Crippen molar-refractivity contribution in [3.8, 4) is 5.69 Å². The second kappa shape index (κ2) is 6.45. The summed E-state index contributed by atoms with van der Waals surface area (Å²) in [5, 5.41) is 20.6. The molecule has 1 heterocycles. The Morgan fingerprint density at radius 1 is 1.32 bits per heavy atom. The number of aliphatic hydroxyl groups is 1. The van der Waals surface area contributed by atoms with Gasteiger partial charge < -0.3 is 10.4 Å². The van der Waals surface area contributed by atoms with Crippen LogP contribution >= 0.6 is 0 Å². The van der Waals surface area contributed by atoms with Gasteiger partial charge in [-0.25, -0.2) is 4.68 Å². The van der Waals surface area contributed by atoms with Crippen LogP contribution in [-0.4, -0.2) is 32.7 Å². The first-order valence-corrected chi connectivity index (χ1v) is 6.58. The largest absolute Gasteiger partial charge is 0.392 e. The van der Waals surface area contributed by atoms with Crippen LogP contribution in [0.3, 0.4) is 0 Å². The summed E-state index contributed by atoms with van der Waals surface area (Å²) < 4.78 is 1.72. The summed E-state index contributed by atoms with van der Waals surface area (Å²) >= 11 is 0. The third-order valence-corrected chi connectivity index (χ3v) is 3.21. The highest BCUT2D eigenvalue weighted by molar-refractivity contribution is 5.34. The molecule has 19 heavy (non-hydrogen) atoms. The molecular formula is C14H20N4O. The van der Waals surface area contributed by atoms with Gasteiger partial charge in [-0.3, -0.25) is 0 Å². The van der Waals surface area contributed by atoms with Gasteiger partial charge in [-0.2, -0.15) is 0 Å². The monoisotopic (exact) mass is 260 g/mol. The Labute approximate surface area is 113 Å². The molecule has 2 atom stereocenters. The van der Waals surface area contributed by atoms with Crippen molar-refractivity contribution in [2.24, 2.45) is 0 Å². The predicted molar refractivity (Wildman–Crippen MR) is 74.1 cm³/mol. The van der Waals surface area contributed by atoms with Crippen molar-refractivity contribution in [2.75, 3.05) is 6.54 Å². The molecule has 0 saturated carbocycles. The average Bonchev–Trinajstić information content (AvgIpc) is 2.98. The number of hydrogen-bond donors (Lipinski definition) is 2. The molecule has 2 N–H and O–H groups in total. The molecule has 2 rings (SSSR count). The minimum Gasteiger partial charge on any atom is -0.392 e. The Morgan fingerprint density at radius 3 is 2.63 bits per heavy atom. The molecule has 0 fully saturated rings. The van der Waals surface area contributed by atoms with Crippen LogP contribution in [0, 0.1) is 0 Å². The van der Waals surface area contributed by atoms with Crippen molar-refractivity contribution in [3.05, 3.63) is 42.2 Å². The standard InChI is InChI=1S/C14H20N4O/c1-3-14(19)10-15-11(2)12-4-6-13(7-5-12)18-9-8-16-17-18/h4-9,11,14-15,19H,3,10H2,1-2H3/t11?,14-/m1/s1. The van der Waals surface area contributed by atoms with Gasteiger partial charge in [0.2, 0.25) is 0 Å². The van der Waals surface area contributed by atoms with Crippen LogP contribution in [0.5, 0.6) is 0 Å². The van der Waals surface area contributed by atoms with E-state index in [1.807, 2.05) is 25.3 Å². The van der Waals surface area contributed by atoms with Gasteiger partial charge >= 0.3 is 0 Å². The third-order valence-electron chi connectivity index (χ3n) is 3.21. The van der Waals surface area contributed by atoms with Crippen LogP contribution in [0.4, 0.5) is 0 Å². The van der Waals surface area contributed by atoms with Gasteiger partial charge in [0.25, 0.3) is 0 Å². The highest BCUT2D eigenvalue weighted by atomic mass is 16.3. The third kappa shape index (κ3) is 3.62. The van der Waals surface area contributed by atoms with Crippen LogP contribution in [0.2, 0.25) is 0 Å². The van der Waals surface area contributed by atoms with Crippen LogP contribution in [0.1, 0.15) is 31.9 Å². The number of benzene rings is 1. The first-order valence-electron chi connectivity index (χ1n) is 6.58. The topological polar surface area (TPSA) is 63.0 Å². The zero-order valence-electron chi connectivity index (χ0n) is 11.3. The maximum atomic E-state index is 9.54. The highest BCUT2D eigenvalue weighted by Gasteiger charge is 2.07. The molecule has 0 aliphatic carbocycles. The SMILES string of the molecule is CC[C@@H](O)CNC(C)c1ccc(-n2ccnn2)cc1. The van der Waals surface area contributed by atoms with E-state index >= 15 is 0 Å². The minimum absolute atomic E-state index is 0.214. The molecule has 0 aliphatic heterocycles. The lowest BCUT2D eigenvalue weighted by Crippen LogP contribution is -2.28. The summed E-state index contributed by atoms with van der Waals surface area (Å²) in [6.07, 6.45) is 3.96. The van der Waals surface area contributed by atoms with Crippen molar-refractivity contribution < 1.29 is 5.11 Å². The Kier molecular flexibility index (Phi) is 4.65. The van der Waals surface area contributed by atoms with Crippen molar-refractivity contribution in [3.63, 3.8) is 0 Å². The summed E-state index contributed by atoms with van der Waals surface area (Å²) in [5.74, 6) is 0. The molecule has 0 radical (unpaired) electrons. The fraction of sp³-hybridized carbons (Fsp3) is 0.429. The normalized spacial score (nSPS) is 14.3. The van der Waals surface area contributed by atoms with E-state index < -0.39 is 0 Å². The molecule has 5 nitrogen and oxygen atoms in total. The Hall–Kier alpha value is -1.72. The number of nitrogens with zero attached hydrogens (tertiary/aromatic N) is 3. The summed E-state index contributed by atoms with van der Waals surface area (Å²) in [4.78, 5) is 0. The number of hydrogen-bond acceptors (Lipinski definition) is 4. The van der Waals surface area contributed by atoms with E-state index in [1.165, 1.54) is 5.56 Å². The molecule has 0 aliphatic rings. The second-order valence-electron chi connectivity index (χ2n) is 4.63. The van der Waals surface area contributed by atoms with E-state index in [0.29, 0.717) is 6.54 Å². The van der Waals surface area contributed by atoms with Crippen LogP contribution in [-0.2, 0) is 0 Å². The second-order valence-corrected chi connectivity index (χ2v) is 4.63. The Morgan fingerprint density at radius 2 is 2.05 bits per heavy atom. The summed E-state index contributed by atoms with van der Waals surface area (Å²) in [6.45, 7) is 4.68. The van der Waals surface area contributed by atoms with Crippen LogP contribution in [0.25, 0.3) is 5.69 Å². The van der Waals surface area contributed by atoms with Gasteiger partial charge in [0.05, 0.1) is 24.2 Å². The van der Waals surface area contributed by atoms with E-state index in [2.05, 4.69) is 34.7 Å². The van der Waals surface area contributed by atoms with Gasteiger partial charge in [0, 0.05) is 12.6 Å². The molecule has 0 amide bonds. The smallest absolute Gasteiger partial charge is 0.0697 e. The summed E-state index contributed by atoms with van der Waals surface area (Å²) in [5.41, 5.74) is 2.18. The van der Waals surface area contributed by atoms with E-state index in [1.54, 1.807) is 10.9 Å². The van der Waals surface area contributed by atoms with Gasteiger partial charge in [0.15, 0.2) is 0 Å². The lowest BCUT2D eigenvalue weighted by atomic mass is 10.1. The quantitative estimate of drug-likeness (QED) is 0.829. The molecule has 5 heteroatoms.